The van der Waals surface area contributed by atoms with Crippen molar-refractivity contribution in [3.63, 3.8) is 0 Å². The van der Waals surface area contributed by atoms with Crippen LogP contribution in [0.25, 0.3) is 0 Å². The monoisotopic (exact) mass is 412 g/mol. The average molecular weight is 413 g/mol. The largest absolute Gasteiger partial charge is 0.492 e. The third-order valence-corrected chi connectivity index (χ3v) is 5.33. The Bertz CT molecular complexity index is 776. The Kier molecular flexibility index (Phi) is 8.53. The normalized spacial score (nSPS) is 16.1. The summed E-state index contributed by atoms with van der Waals surface area (Å²) in [6.45, 7) is 5.81. The number of methoxy groups -OCH3 is 1. The maximum absolute atomic E-state index is 12.2. The number of benzene rings is 2. The Morgan fingerprint density at radius 3 is 2.57 bits per heavy atom. The van der Waals surface area contributed by atoms with Crippen LogP contribution in [0, 0.1) is 0 Å². The fourth-order valence-electron chi connectivity index (χ4n) is 3.55. The molecule has 1 N–H and O–H groups in total. The van der Waals surface area contributed by atoms with Crippen molar-refractivity contribution in [1.82, 2.24) is 10.2 Å². The Labute approximate surface area is 179 Å². The maximum atomic E-state index is 12.2. The molecule has 0 bridgehead atoms. The van der Waals surface area contributed by atoms with E-state index in [0.717, 1.165) is 37.4 Å². The van der Waals surface area contributed by atoms with Gasteiger partial charge in [0.25, 0.3) is 5.91 Å². The van der Waals surface area contributed by atoms with Gasteiger partial charge in [-0.2, -0.15) is 0 Å². The minimum Gasteiger partial charge on any atom is -0.492 e. The van der Waals surface area contributed by atoms with Crippen molar-refractivity contribution in [2.45, 2.75) is 31.9 Å². The minimum absolute atomic E-state index is 0.112. The van der Waals surface area contributed by atoms with Gasteiger partial charge >= 0.3 is 0 Å². The first-order chi connectivity index (χ1) is 14.7. The molecule has 6 nitrogen and oxygen atoms in total. The molecule has 1 amide bonds. The Hall–Kier alpha value is -2.57. The highest BCUT2D eigenvalue weighted by molar-refractivity contribution is 5.94. The third kappa shape index (κ3) is 6.75. The van der Waals surface area contributed by atoms with Gasteiger partial charge < -0.3 is 19.5 Å². The molecule has 1 atom stereocenters. The molecule has 0 aliphatic carbocycles. The number of amides is 1. The number of carbonyl (C=O) groups excluding carboxylic acids is 1. The molecule has 1 saturated heterocycles. The van der Waals surface area contributed by atoms with Gasteiger partial charge in [-0.25, -0.2) is 0 Å². The maximum Gasteiger partial charge on any atom is 0.251 e. The number of piperidine rings is 1. The first kappa shape index (κ1) is 22.1. The van der Waals surface area contributed by atoms with E-state index in [1.54, 1.807) is 13.2 Å². The summed E-state index contributed by atoms with van der Waals surface area (Å²) >= 11 is 0. The molecule has 0 unspecified atom stereocenters. The van der Waals surface area contributed by atoms with Crippen LogP contribution in [0.1, 0.15) is 30.1 Å². The van der Waals surface area contributed by atoms with E-state index in [4.69, 9.17) is 14.2 Å². The molecule has 0 spiro atoms. The molecule has 1 aliphatic heterocycles. The Morgan fingerprint density at radius 1 is 1.10 bits per heavy atom. The van der Waals surface area contributed by atoms with Gasteiger partial charge in [0, 0.05) is 38.3 Å². The Balaban J connectivity index is 1.43. The van der Waals surface area contributed by atoms with Gasteiger partial charge in [0.05, 0.1) is 6.61 Å². The van der Waals surface area contributed by atoms with Crippen LogP contribution in [0.15, 0.2) is 54.6 Å². The summed E-state index contributed by atoms with van der Waals surface area (Å²) in [5.41, 5.74) is 0.604. The number of carbonyl (C=O) groups is 1. The fraction of sp³-hybridized carbons (Fsp3) is 0.458. The lowest BCUT2D eigenvalue weighted by molar-refractivity contribution is 0.0636. The van der Waals surface area contributed by atoms with Gasteiger partial charge in [-0.3, -0.25) is 9.69 Å². The van der Waals surface area contributed by atoms with Crippen LogP contribution in [0.2, 0.25) is 0 Å². The first-order valence-corrected chi connectivity index (χ1v) is 10.6. The summed E-state index contributed by atoms with van der Waals surface area (Å²) in [4.78, 5) is 14.7. The summed E-state index contributed by atoms with van der Waals surface area (Å²) in [5, 5.41) is 2.83. The number of rotatable bonds is 10. The molecule has 6 heteroatoms. The highest BCUT2D eigenvalue weighted by Gasteiger charge is 2.24. The van der Waals surface area contributed by atoms with Gasteiger partial charge in [-0.15, -0.1) is 0 Å². The van der Waals surface area contributed by atoms with E-state index in [-0.39, 0.29) is 12.0 Å². The van der Waals surface area contributed by atoms with Gasteiger partial charge in [0.15, 0.2) is 0 Å². The standard InChI is InChI=1S/C24H32N2O4/c1-19(18-29-21-8-4-3-5-9-21)26-14-11-22(12-15-26)30-23-10-6-7-20(17-23)24(27)25-13-16-28-2/h3-10,17,19,22H,11-16,18H2,1-2H3,(H,25,27)/t19-/m0/s1. The van der Waals surface area contributed by atoms with Gasteiger partial charge in [0.1, 0.15) is 24.2 Å². The predicted molar refractivity (Wildman–Crippen MR) is 117 cm³/mol. The van der Waals surface area contributed by atoms with Crippen LogP contribution in [0.3, 0.4) is 0 Å². The van der Waals surface area contributed by atoms with E-state index in [2.05, 4.69) is 17.1 Å². The molecule has 2 aromatic carbocycles. The molecule has 1 aliphatic rings. The molecule has 0 radical (unpaired) electrons. The fourth-order valence-corrected chi connectivity index (χ4v) is 3.55. The number of para-hydroxylation sites is 1. The van der Waals surface area contributed by atoms with E-state index >= 15 is 0 Å². The smallest absolute Gasteiger partial charge is 0.251 e. The predicted octanol–water partition coefficient (Wildman–Crippen LogP) is 3.37. The summed E-state index contributed by atoms with van der Waals surface area (Å²) in [6.07, 6.45) is 2.08. The SMILES string of the molecule is COCCNC(=O)c1cccc(OC2CCN([C@@H](C)COc3ccccc3)CC2)c1. The van der Waals surface area contributed by atoms with Crippen LogP contribution in [-0.4, -0.2) is 62.9 Å². The number of nitrogens with one attached hydrogen (secondary N) is 1. The number of likely N-dealkylation sites (tertiary alicyclic amines) is 1. The van der Waals surface area contributed by atoms with Gasteiger partial charge in [-0.1, -0.05) is 24.3 Å². The second-order valence-electron chi connectivity index (χ2n) is 7.60. The van der Waals surface area contributed by atoms with Crippen molar-refractivity contribution < 1.29 is 19.0 Å². The minimum atomic E-state index is -0.112. The number of ether oxygens (including phenoxy) is 3. The highest BCUT2D eigenvalue weighted by atomic mass is 16.5. The summed E-state index contributed by atoms with van der Waals surface area (Å²) < 4.78 is 17.0. The zero-order valence-electron chi connectivity index (χ0n) is 17.9. The molecule has 162 valence electrons. The van der Waals surface area contributed by atoms with Crippen LogP contribution >= 0.6 is 0 Å². The van der Waals surface area contributed by atoms with Crippen molar-refractivity contribution in [3.05, 3.63) is 60.2 Å². The average Bonchev–Trinajstić information content (AvgIpc) is 2.79. The lowest BCUT2D eigenvalue weighted by Gasteiger charge is -2.35. The molecular weight excluding hydrogens is 380 g/mol. The number of hydrogen-bond acceptors (Lipinski definition) is 5. The van der Waals surface area contributed by atoms with Crippen molar-refractivity contribution in [2.24, 2.45) is 0 Å². The Morgan fingerprint density at radius 2 is 1.83 bits per heavy atom. The third-order valence-electron chi connectivity index (χ3n) is 5.33. The molecule has 30 heavy (non-hydrogen) atoms. The quantitative estimate of drug-likeness (QED) is 0.607. The first-order valence-electron chi connectivity index (χ1n) is 10.6. The highest BCUT2D eigenvalue weighted by Crippen LogP contribution is 2.21. The van der Waals surface area contributed by atoms with E-state index in [9.17, 15) is 4.79 Å². The van der Waals surface area contributed by atoms with E-state index in [0.29, 0.717) is 31.4 Å². The van der Waals surface area contributed by atoms with E-state index in [1.165, 1.54) is 0 Å². The zero-order valence-corrected chi connectivity index (χ0v) is 17.9. The lowest BCUT2D eigenvalue weighted by atomic mass is 10.1. The summed E-state index contributed by atoms with van der Waals surface area (Å²) in [5.74, 6) is 1.54. The number of nitrogens with zero attached hydrogens (tertiary/aromatic N) is 1. The number of hydrogen-bond donors (Lipinski definition) is 1. The van der Waals surface area contributed by atoms with Gasteiger partial charge in [-0.05, 0) is 50.1 Å². The summed E-state index contributed by atoms with van der Waals surface area (Å²) in [7, 11) is 1.61. The van der Waals surface area contributed by atoms with Crippen LogP contribution in [-0.2, 0) is 4.74 Å². The van der Waals surface area contributed by atoms with Crippen LogP contribution < -0.4 is 14.8 Å². The van der Waals surface area contributed by atoms with Crippen molar-refractivity contribution >= 4 is 5.91 Å². The molecular formula is C24H32N2O4. The topological polar surface area (TPSA) is 60.0 Å². The van der Waals surface area contributed by atoms with Crippen LogP contribution in [0.4, 0.5) is 0 Å². The zero-order chi connectivity index (χ0) is 21.2. The molecule has 2 aromatic rings. The molecule has 0 saturated carbocycles. The van der Waals surface area contributed by atoms with Crippen molar-refractivity contribution in [2.75, 3.05) is 40.0 Å². The summed E-state index contributed by atoms with van der Waals surface area (Å²) in [6, 6.07) is 17.7. The molecule has 0 aromatic heterocycles. The molecule has 1 fully saturated rings. The van der Waals surface area contributed by atoms with E-state index < -0.39 is 0 Å². The van der Waals surface area contributed by atoms with Crippen LogP contribution in [0.5, 0.6) is 11.5 Å². The van der Waals surface area contributed by atoms with Crippen molar-refractivity contribution in [3.8, 4) is 11.5 Å². The van der Waals surface area contributed by atoms with E-state index in [1.807, 2.05) is 48.5 Å². The van der Waals surface area contributed by atoms with Gasteiger partial charge in [0.2, 0.25) is 0 Å². The van der Waals surface area contributed by atoms with Crippen molar-refractivity contribution in [1.29, 1.82) is 0 Å². The molecule has 3 rings (SSSR count). The second-order valence-corrected chi connectivity index (χ2v) is 7.60. The second kappa shape index (κ2) is 11.6. The lowest BCUT2D eigenvalue weighted by Crippen LogP contribution is -2.45. The molecule has 1 heterocycles.